The number of amides is 1. The summed E-state index contributed by atoms with van der Waals surface area (Å²) in [6, 6.07) is 0. The monoisotopic (exact) mass is 250 g/mol. The van der Waals surface area contributed by atoms with Crippen molar-refractivity contribution in [2.45, 2.75) is 37.9 Å². The van der Waals surface area contributed by atoms with Gasteiger partial charge in [-0.1, -0.05) is 0 Å². The molecule has 100 valence electrons. The van der Waals surface area contributed by atoms with Crippen LogP contribution in [0.3, 0.4) is 0 Å². The molecule has 4 nitrogen and oxygen atoms in total. The van der Waals surface area contributed by atoms with Crippen molar-refractivity contribution in [1.82, 2.24) is 10.2 Å². The van der Waals surface area contributed by atoms with Gasteiger partial charge in [0.05, 0.1) is 18.8 Å². The molecule has 1 N–H and O–H groups in total. The SMILES string of the molecule is O=C(CNCC1CC1)N1CC2C3CCC(O3)C2C1. The molecule has 3 saturated heterocycles. The highest BCUT2D eigenvalue weighted by molar-refractivity contribution is 5.78. The summed E-state index contributed by atoms with van der Waals surface area (Å²) >= 11 is 0. The highest BCUT2D eigenvalue weighted by Crippen LogP contribution is 2.47. The molecule has 4 heteroatoms. The number of carbonyl (C=O) groups excluding carboxylic acids is 1. The van der Waals surface area contributed by atoms with E-state index in [0.717, 1.165) is 25.6 Å². The van der Waals surface area contributed by atoms with Crippen LogP contribution >= 0.6 is 0 Å². The average molecular weight is 250 g/mol. The number of ether oxygens (including phenoxy) is 1. The van der Waals surface area contributed by atoms with E-state index in [2.05, 4.69) is 10.2 Å². The molecule has 0 radical (unpaired) electrons. The average Bonchev–Trinajstić information content (AvgIpc) is 2.81. The molecule has 0 spiro atoms. The molecule has 18 heavy (non-hydrogen) atoms. The zero-order valence-electron chi connectivity index (χ0n) is 10.8. The topological polar surface area (TPSA) is 41.6 Å². The molecular weight excluding hydrogens is 228 g/mol. The lowest BCUT2D eigenvalue weighted by atomic mass is 9.82. The Morgan fingerprint density at radius 3 is 2.39 bits per heavy atom. The van der Waals surface area contributed by atoms with E-state index in [4.69, 9.17) is 4.74 Å². The Labute approximate surface area is 108 Å². The second-order valence-corrected chi connectivity index (χ2v) is 6.49. The fraction of sp³-hybridized carbons (Fsp3) is 0.929. The first-order chi connectivity index (χ1) is 8.81. The second kappa shape index (κ2) is 4.20. The van der Waals surface area contributed by atoms with Crippen LogP contribution in [0.5, 0.6) is 0 Å². The molecule has 3 aliphatic heterocycles. The molecule has 3 heterocycles. The Hall–Kier alpha value is -0.610. The quantitative estimate of drug-likeness (QED) is 0.795. The summed E-state index contributed by atoms with van der Waals surface area (Å²) < 4.78 is 5.93. The normalized spacial score (nSPS) is 41.4. The van der Waals surface area contributed by atoms with Crippen LogP contribution in [0.4, 0.5) is 0 Å². The third-order valence-corrected chi connectivity index (χ3v) is 5.21. The van der Waals surface area contributed by atoms with Gasteiger partial charge in [-0.25, -0.2) is 0 Å². The van der Waals surface area contributed by atoms with Crippen molar-refractivity contribution < 1.29 is 9.53 Å². The smallest absolute Gasteiger partial charge is 0.236 e. The largest absolute Gasteiger partial charge is 0.374 e. The molecule has 0 aromatic heterocycles. The zero-order valence-corrected chi connectivity index (χ0v) is 10.8. The lowest BCUT2D eigenvalue weighted by Crippen LogP contribution is -2.38. The van der Waals surface area contributed by atoms with E-state index in [1.807, 2.05) is 0 Å². The maximum absolute atomic E-state index is 12.1. The summed E-state index contributed by atoms with van der Waals surface area (Å²) in [7, 11) is 0. The van der Waals surface area contributed by atoms with Crippen LogP contribution in [-0.4, -0.2) is 49.2 Å². The van der Waals surface area contributed by atoms with Crippen LogP contribution in [0.1, 0.15) is 25.7 Å². The third kappa shape index (κ3) is 1.86. The number of rotatable bonds is 4. The summed E-state index contributed by atoms with van der Waals surface area (Å²) in [5.41, 5.74) is 0. The van der Waals surface area contributed by atoms with Crippen molar-refractivity contribution in [2.75, 3.05) is 26.2 Å². The first kappa shape index (κ1) is 11.2. The lowest BCUT2D eigenvalue weighted by Gasteiger charge is -2.19. The number of likely N-dealkylation sites (tertiary alicyclic amines) is 1. The Bertz CT molecular complexity index is 338. The number of nitrogens with one attached hydrogen (secondary N) is 1. The maximum atomic E-state index is 12.1. The van der Waals surface area contributed by atoms with Crippen LogP contribution < -0.4 is 5.32 Å². The van der Waals surface area contributed by atoms with Gasteiger partial charge in [0.25, 0.3) is 0 Å². The molecule has 4 rings (SSSR count). The Morgan fingerprint density at radius 2 is 1.78 bits per heavy atom. The fourth-order valence-electron chi connectivity index (χ4n) is 3.98. The predicted molar refractivity (Wildman–Crippen MR) is 67.0 cm³/mol. The highest BCUT2D eigenvalue weighted by Gasteiger charge is 2.53. The van der Waals surface area contributed by atoms with E-state index in [1.54, 1.807) is 0 Å². The third-order valence-electron chi connectivity index (χ3n) is 5.21. The molecule has 4 atom stereocenters. The van der Waals surface area contributed by atoms with E-state index in [0.29, 0.717) is 36.5 Å². The van der Waals surface area contributed by atoms with Crippen molar-refractivity contribution in [3.8, 4) is 0 Å². The maximum Gasteiger partial charge on any atom is 0.236 e. The first-order valence-electron chi connectivity index (χ1n) is 7.45. The van der Waals surface area contributed by atoms with Crippen molar-refractivity contribution in [3.63, 3.8) is 0 Å². The van der Waals surface area contributed by atoms with Crippen molar-refractivity contribution in [2.24, 2.45) is 17.8 Å². The zero-order chi connectivity index (χ0) is 12.1. The van der Waals surface area contributed by atoms with Crippen LogP contribution in [0.2, 0.25) is 0 Å². The highest BCUT2D eigenvalue weighted by atomic mass is 16.5. The Balaban J connectivity index is 1.29. The molecule has 4 aliphatic rings. The van der Waals surface area contributed by atoms with Gasteiger partial charge in [-0.3, -0.25) is 4.79 Å². The van der Waals surface area contributed by atoms with Gasteiger partial charge in [0.1, 0.15) is 0 Å². The van der Waals surface area contributed by atoms with Crippen molar-refractivity contribution >= 4 is 5.91 Å². The van der Waals surface area contributed by atoms with Gasteiger partial charge in [0.15, 0.2) is 0 Å². The molecule has 1 saturated carbocycles. The second-order valence-electron chi connectivity index (χ2n) is 6.49. The van der Waals surface area contributed by atoms with Gasteiger partial charge in [0, 0.05) is 24.9 Å². The van der Waals surface area contributed by atoms with Crippen molar-refractivity contribution in [3.05, 3.63) is 0 Å². The summed E-state index contributed by atoms with van der Waals surface area (Å²) in [5, 5.41) is 3.31. The molecule has 0 aromatic rings. The number of carbonyl (C=O) groups is 1. The molecule has 1 amide bonds. The molecule has 0 aromatic carbocycles. The molecular formula is C14H22N2O2. The standard InChI is InChI=1S/C14H22N2O2/c17-14(6-15-5-9-1-2-9)16-7-10-11(8-16)13-4-3-12(10)18-13/h9-13,15H,1-8H2. The number of nitrogens with zero attached hydrogens (tertiary/aromatic N) is 1. The van der Waals surface area contributed by atoms with E-state index < -0.39 is 0 Å². The van der Waals surface area contributed by atoms with Gasteiger partial charge < -0.3 is 15.0 Å². The van der Waals surface area contributed by atoms with E-state index in [9.17, 15) is 4.79 Å². The lowest BCUT2D eigenvalue weighted by molar-refractivity contribution is -0.129. The van der Waals surface area contributed by atoms with Gasteiger partial charge in [-0.05, 0) is 38.1 Å². The summed E-state index contributed by atoms with van der Waals surface area (Å²) in [5.74, 6) is 2.41. The minimum absolute atomic E-state index is 0.296. The van der Waals surface area contributed by atoms with Crippen LogP contribution in [-0.2, 0) is 9.53 Å². The van der Waals surface area contributed by atoms with E-state index >= 15 is 0 Å². The Morgan fingerprint density at radius 1 is 1.11 bits per heavy atom. The molecule has 4 unspecified atom stereocenters. The molecule has 1 aliphatic carbocycles. The van der Waals surface area contributed by atoms with Crippen LogP contribution in [0.25, 0.3) is 0 Å². The van der Waals surface area contributed by atoms with Gasteiger partial charge >= 0.3 is 0 Å². The Kier molecular flexibility index (Phi) is 2.62. The summed E-state index contributed by atoms with van der Waals surface area (Å²) in [4.78, 5) is 14.2. The van der Waals surface area contributed by atoms with E-state index in [-0.39, 0.29) is 0 Å². The summed E-state index contributed by atoms with van der Waals surface area (Å²) in [6.45, 7) is 3.44. The fourth-order valence-corrected chi connectivity index (χ4v) is 3.98. The minimum Gasteiger partial charge on any atom is -0.374 e. The van der Waals surface area contributed by atoms with E-state index in [1.165, 1.54) is 25.7 Å². The number of hydrogen-bond donors (Lipinski definition) is 1. The van der Waals surface area contributed by atoms with Crippen molar-refractivity contribution in [1.29, 1.82) is 0 Å². The van der Waals surface area contributed by atoms with Gasteiger partial charge in [-0.15, -0.1) is 0 Å². The molecule has 2 bridgehead atoms. The minimum atomic E-state index is 0.296. The number of hydrogen-bond acceptors (Lipinski definition) is 3. The van der Waals surface area contributed by atoms with Gasteiger partial charge in [-0.2, -0.15) is 0 Å². The first-order valence-corrected chi connectivity index (χ1v) is 7.45. The molecule has 4 fully saturated rings. The van der Waals surface area contributed by atoms with Gasteiger partial charge in [0.2, 0.25) is 5.91 Å². The predicted octanol–water partition coefficient (Wildman–Crippen LogP) is 0.622. The van der Waals surface area contributed by atoms with Crippen LogP contribution in [0, 0.1) is 17.8 Å². The van der Waals surface area contributed by atoms with Crippen LogP contribution in [0.15, 0.2) is 0 Å². The number of fused-ring (bicyclic) bond motifs is 5. The summed E-state index contributed by atoms with van der Waals surface area (Å²) in [6.07, 6.45) is 6.03.